The van der Waals surface area contributed by atoms with Gasteiger partial charge in [0, 0.05) is 13.8 Å². The lowest BCUT2D eigenvalue weighted by atomic mass is 10.3. The summed E-state index contributed by atoms with van der Waals surface area (Å²) in [5, 5.41) is 5.08. The molecular weight excluding hydrogens is 337 g/mol. The Kier molecular flexibility index (Phi) is 5.71. The maximum Gasteiger partial charge on any atom is 0.410 e. The molecule has 0 atom stereocenters. The molecule has 19 heavy (non-hydrogen) atoms. The van der Waals surface area contributed by atoms with Gasteiger partial charge in [-0.25, -0.2) is 18.6 Å². The minimum absolute atomic E-state index is 0.695. The highest BCUT2D eigenvalue weighted by atomic mass is 35.7. The number of rotatable bonds is 1. The van der Waals surface area contributed by atoms with E-state index in [1.165, 1.54) is 0 Å². The Balaban J connectivity index is 0.000000312. The van der Waals surface area contributed by atoms with Crippen LogP contribution in [0.3, 0.4) is 0 Å². The second-order valence-corrected chi connectivity index (χ2v) is 6.38. The quantitative estimate of drug-likeness (QED) is 0.414. The zero-order valence-corrected chi connectivity index (χ0v) is 13.2. The van der Waals surface area contributed by atoms with Gasteiger partial charge in [0.15, 0.2) is 11.4 Å². The molecule has 0 spiro atoms. The van der Waals surface area contributed by atoms with Crippen molar-refractivity contribution in [2.24, 2.45) is 0 Å². The van der Waals surface area contributed by atoms with Crippen LogP contribution >= 0.6 is 34.7 Å². The van der Waals surface area contributed by atoms with Crippen LogP contribution < -0.4 is 23.2 Å². The predicted molar refractivity (Wildman–Crippen MR) is 59.3 cm³/mol. The molecule has 0 aliphatic heterocycles. The van der Waals surface area contributed by atoms with Gasteiger partial charge in [-0.1, -0.05) is 33.0 Å². The first-order valence-corrected chi connectivity index (χ1v) is 8.30. The van der Waals surface area contributed by atoms with Crippen molar-refractivity contribution in [2.45, 2.75) is 18.2 Å². The van der Waals surface area contributed by atoms with Crippen LogP contribution in [0.25, 0.3) is 4.96 Å². The first-order valence-electron chi connectivity index (χ1n) is 4.64. The Morgan fingerprint density at radius 3 is 2.26 bits per heavy atom. The van der Waals surface area contributed by atoms with Gasteiger partial charge in [-0.15, -0.1) is 10.2 Å². The minimum Gasteiger partial charge on any atom is -0.222 e. The van der Waals surface area contributed by atoms with Gasteiger partial charge in [-0.05, 0) is 22.6 Å². The molecule has 0 saturated heterocycles. The van der Waals surface area contributed by atoms with Crippen molar-refractivity contribution in [3.8, 4) is 0 Å². The predicted octanol–water partition coefficient (Wildman–Crippen LogP) is -2.49. The van der Waals surface area contributed by atoms with Crippen LogP contribution in [0.15, 0.2) is 4.34 Å². The molecule has 0 bridgehead atoms. The minimum atomic E-state index is -4.94. The molecule has 0 aliphatic carbocycles. The molecular formula is C8H9Cl2N3O4S2. The van der Waals surface area contributed by atoms with E-state index in [0.29, 0.717) is 5.02 Å². The van der Waals surface area contributed by atoms with E-state index in [2.05, 4.69) is 10.1 Å². The SMILES string of the molecule is CSc1n[n+]2c(C)c(Cl)c(C)nc2s1.[O-][Cl+3]([O-])([O-])[O-]. The largest absolute Gasteiger partial charge is 0.410 e. The summed E-state index contributed by atoms with van der Waals surface area (Å²) < 4.78 is 36.8. The third-order valence-corrected chi connectivity index (χ3v) is 4.36. The molecule has 7 nitrogen and oxygen atoms in total. The van der Waals surface area contributed by atoms with Crippen molar-refractivity contribution in [3.63, 3.8) is 0 Å². The van der Waals surface area contributed by atoms with Crippen LogP contribution in [0.5, 0.6) is 0 Å². The molecule has 0 unspecified atom stereocenters. The molecule has 11 heteroatoms. The zero-order valence-electron chi connectivity index (χ0n) is 10.0. The topological polar surface area (TPSA) is 122 Å². The van der Waals surface area contributed by atoms with Crippen LogP contribution in [0.4, 0.5) is 0 Å². The van der Waals surface area contributed by atoms with Gasteiger partial charge < -0.3 is 0 Å². The summed E-state index contributed by atoms with van der Waals surface area (Å²) in [5.41, 5.74) is 1.81. The Bertz CT molecular complexity index is 581. The summed E-state index contributed by atoms with van der Waals surface area (Å²) in [4.78, 5) is 5.28. The highest BCUT2D eigenvalue weighted by Gasteiger charge is 2.20. The van der Waals surface area contributed by atoms with Crippen LogP contribution in [0.2, 0.25) is 5.02 Å². The summed E-state index contributed by atoms with van der Waals surface area (Å²) in [6.07, 6.45) is 2.00. The number of thioether (sulfide) groups is 1. The number of aromatic nitrogens is 3. The fourth-order valence-corrected chi connectivity index (χ4v) is 2.75. The first kappa shape index (κ1) is 16.8. The van der Waals surface area contributed by atoms with E-state index in [4.69, 9.17) is 30.2 Å². The molecule has 2 aromatic heterocycles. The van der Waals surface area contributed by atoms with Crippen LogP contribution in [-0.2, 0) is 0 Å². The molecule has 2 aromatic rings. The Morgan fingerprint density at radius 1 is 1.26 bits per heavy atom. The van der Waals surface area contributed by atoms with E-state index in [1.807, 2.05) is 20.1 Å². The summed E-state index contributed by atoms with van der Waals surface area (Å²) >= 11 is 9.28. The van der Waals surface area contributed by atoms with E-state index in [1.54, 1.807) is 27.6 Å². The summed E-state index contributed by atoms with van der Waals surface area (Å²) in [5.74, 6) is 0. The van der Waals surface area contributed by atoms with E-state index in [0.717, 1.165) is 20.7 Å². The lowest BCUT2D eigenvalue weighted by Gasteiger charge is -2.17. The third-order valence-electron chi connectivity index (χ3n) is 1.93. The number of nitrogens with zero attached hydrogens (tertiary/aromatic N) is 3. The third kappa shape index (κ3) is 4.97. The van der Waals surface area contributed by atoms with Gasteiger partial charge >= 0.3 is 4.96 Å². The first-order chi connectivity index (χ1) is 8.63. The second-order valence-electron chi connectivity index (χ2n) is 3.24. The molecule has 0 fully saturated rings. The Hall–Kier alpha value is -0.260. The number of halogens is 2. The van der Waals surface area contributed by atoms with Crippen molar-refractivity contribution in [1.29, 1.82) is 0 Å². The molecule has 0 aliphatic rings. The van der Waals surface area contributed by atoms with Crippen molar-refractivity contribution >= 4 is 39.7 Å². The summed E-state index contributed by atoms with van der Waals surface area (Å²) in [6.45, 7) is 3.86. The van der Waals surface area contributed by atoms with Gasteiger partial charge in [0.05, 0.1) is 0 Å². The lowest BCUT2D eigenvalue weighted by molar-refractivity contribution is -2.00. The number of hydrogen-bond donors (Lipinski definition) is 0. The van der Waals surface area contributed by atoms with Crippen LogP contribution in [-0.4, -0.2) is 16.3 Å². The number of aryl methyl sites for hydroxylation is 2. The highest BCUT2D eigenvalue weighted by Crippen LogP contribution is 2.22. The van der Waals surface area contributed by atoms with E-state index < -0.39 is 10.2 Å². The molecule has 2 heterocycles. The molecule has 0 N–H and O–H groups in total. The molecule has 0 aromatic carbocycles. The lowest BCUT2D eigenvalue weighted by Crippen LogP contribution is -2.68. The molecule has 2 rings (SSSR count). The van der Waals surface area contributed by atoms with E-state index in [-0.39, 0.29) is 0 Å². The maximum absolute atomic E-state index is 8.49. The van der Waals surface area contributed by atoms with E-state index >= 15 is 0 Å². The normalized spacial score (nSPS) is 11.4. The maximum atomic E-state index is 8.49. The van der Waals surface area contributed by atoms with Gasteiger partial charge in [-0.3, -0.25) is 0 Å². The summed E-state index contributed by atoms with van der Waals surface area (Å²) in [6, 6.07) is 0. The number of fused-ring (bicyclic) bond motifs is 1. The monoisotopic (exact) mass is 345 g/mol. The van der Waals surface area contributed by atoms with Crippen LogP contribution in [0.1, 0.15) is 11.4 Å². The molecule has 0 amide bonds. The fourth-order valence-electron chi connectivity index (χ4n) is 1.18. The smallest absolute Gasteiger partial charge is 0.222 e. The summed E-state index contributed by atoms with van der Waals surface area (Å²) in [7, 11) is -4.94. The average molecular weight is 346 g/mol. The highest BCUT2D eigenvalue weighted by molar-refractivity contribution is 8.00. The molecule has 106 valence electrons. The molecule has 0 radical (unpaired) electrons. The number of hydrogen-bond acceptors (Lipinski definition) is 8. The van der Waals surface area contributed by atoms with Gasteiger partial charge in [0.25, 0.3) is 0 Å². The van der Waals surface area contributed by atoms with Gasteiger partial charge in [0.1, 0.15) is 5.02 Å². The standard InChI is InChI=1S/C8H9ClN3S2.ClHO4/c1-4-6(9)5(2)12-7(10-4)14-8(11-12)13-3;2-1(3,4)5/h1-3H3;(H,2,3,4,5)/q+1;/p-1. The van der Waals surface area contributed by atoms with Crippen LogP contribution in [0, 0.1) is 24.1 Å². The van der Waals surface area contributed by atoms with E-state index in [9.17, 15) is 0 Å². The fraction of sp³-hybridized carbons (Fsp3) is 0.375. The van der Waals surface area contributed by atoms with Crippen molar-refractivity contribution in [3.05, 3.63) is 16.4 Å². The van der Waals surface area contributed by atoms with Gasteiger partial charge in [0.2, 0.25) is 4.34 Å². The second kappa shape index (κ2) is 6.46. The van der Waals surface area contributed by atoms with Crippen molar-refractivity contribution < 1.29 is 33.4 Å². The van der Waals surface area contributed by atoms with Crippen molar-refractivity contribution in [2.75, 3.05) is 6.26 Å². The molecule has 0 saturated carbocycles. The van der Waals surface area contributed by atoms with Gasteiger partial charge in [-0.2, -0.15) is 0 Å². The average Bonchev–Trinajstić information content (AvgIpc) is 2.67. The zero-order chi connectivity index (χ0) is 14.8. The Morgan fingerprint density at radius 2 is 1.79 bits per heavy atom. The Labute approximate surface area is 124 Å². The van der Waals surface area contributed by atoms with Crippen molar-refractivity contribution in [1.82, 2.24) is 10.1 Å².